The van der Waals surface area contributed by atoms with Gasteiger partial charge < -0.3 is 4.74 Å². The van der Waals surface area contributed by atoms with Crippen molar-refractivity contribution in [3.63, 3.8) is 0 Å². The molecule has 1 rings (SSSR count). The molecule has 0 spiro atoms. The van der Waals surface area contributed by atoms with Crippen molar-refractivity contribution in [3.05, 3.63) is 29.3 Å². The van der Waals surface area contributed by atoms with Gasteiger partial charge in [-0.25, -0.2) is 0 Å². The van der Waals surface area contributed by atoms with E-state index >= 15 is 0 Å². The number of aryl methyl sites for hydroxylation is 2. The first kappa shape index (κ1) is 12.4. The van der Waals surface area contributed by atoms with Crippen LogP contribution in [0.2, 0.25) is 0 Å². The van der Waals surface area contributed by atoms with Gasteiger partial charge in [0.2, 0.25) is 0 Å². The molecule has 15 heavy (non-hydrogen) atoms. The van der Waals surface area contributed by atoms with Gasteiger partial charge in [0.15, 0.2) is 0 Å². The van der Waals surface area contributed by atoms with E-state index in [0.717, 1.165) is 18.8 Å². The highest BCUT2D eigenvalue weighted by Crippen LogP contribution is 2.19. The van der Waals surface area contributed by atoms with Crippen LogP contribution in [-0.2, 0) is 0 Å². The van der Waals surface area contributed by atoms with Crippen molar-refractivity contribution in [1.29, 1.82) is 0 Å². The Morgan fingerprint density at radius 1 is 1.27 bits per heavy atom. The Bertz CT molecular complexity index is 297. The maximum atomic E-state index is 5.75. The Hall–Kier alpha value is -0.630. The van der Waals surface area contributed by atoms with Gasteiger partial charge in [-0.05, 0) is 49.0 Å². The predicted octanol–water partition coefficient (Wildman–Crippen LogP) is 3.83. The summed E-state index contributed by atoms with van der Waals surface area (Å²) in [6, 6.07) is 6.35. The van der Waals surface area contributed by atoms with Gasteiger partial charge in [-0.15, -0.1) is 0 Å². The van der Waals surface area contributed by atoms with Crippen LogP contribution in [0.25, 0.3) is 0 Å². The molecule has 1 aromatic carbocycles. The molecule has 0 atom stereocenters. The summed E-state index contributed by atoms with van der Waals surface area (Å²) in [6.07, 6.45) is 1.13. The molecule has 0 unspecified atom stereocenters. The monoisotopic (exact) mass is 224 g/mol. The van der Waals surface area contributed by atoms with Crippen LogP contribution in [0.1, 0.15) is 24.5 Å². The van der Waals surface area contributed by atoms with Crippen LogP contribution in [0, 0.1) is 13.8 Å². The first-order chi connectivity index (χ1) is 7.24. The molecule has 0 bridgehead atoms. The Morgan fingerprint density at radius 3 is 2.80 bits per heavy atom. The lowest BCUT2D eigenvalue weighted by Gasteiger charge is -2.09. The summed E-state index contributed by atoms with van der Waals surface area (Å²) in [5, 5.41) is 0. The fourth-order valence-corrected chi connectivity index (χ4v) is 1.96. The van der Waals surface area contributed by atoms with Crippen molar-refractivity contribution in [1.82, 2.24) is 0 Å². The van der Waals surface area contributed by atoms with Crippen molar-refractivity contribution >= 4 is 11.8 Å². The third-order valence-electron chi connectivity index (χ3n) is 2.24. The molecule has 0 aromatic heterocycles. The lowest BCUT2D eigenvalue weighted by atomic mass is 10.1. The Labute approximate surface area is 97.2 Å². The van der Waals surface area contributed by atoms with Crippen molar-refractivity contribution < 1.29 is 4.74 Å². The Balaban J connectivity index is 2.33. The molecule has 0 saturated carbocycles. The lowest BCUT2D eigenvalue weighted by Crippen LogP contribution is -2.00. The van der Waals surface area contributed by atoms with Crippen molar-refractivity contribution in [2.75, 3.05) is 18.1 Å². The average Bonchev–Trinajstić information content (AvgIpc) is 2.23. The number of rotatable bonds is 6. The van der Waals surface area contributed by atoms with Crippen LogP contribution < -0.4 is 4.74 Å². The van der Waals surface area contributed by atoms with Crippen LogP contribution in [-0.4, -0.2) is 18.1 Å². The van der Waals surface area contributed by atoms with Gasteiger partial charge >= 0.3 is 0 Å². The molecule has 0 fully saturated rings. The molecule has 1 aromatic rings. The number of benzene rings is 1. The summed E-state index contributed by atoms with van der Waals surface area (Å²) in [6.45, 7) is 7.21. The van der Waals surface area contributed by atoms with Gasteiger partial charge in [0.1, 0.15) is 5.75 Å². The molecule has 1 nitrogen and oxygen atoms in total. The van der Waals surface area contributed by atoms with Gasteiger partial charge in [0, 0.05) is 0 Å². The van der Waals surface area contributed by atoms with Crippen LogP contribution in [0.4, 0.5) is 0 Å². The molecule has 0 heterocycles. The first-order valence-electron chi connectivity index (χ1n) is 5.52. The van der Waals surface area contributed by atoms with E-state index in [0.29, 0.717) is 0 Å². The Kier molecular flexibility index (Phi) is 5.62. The SMILES string of the molecule is CCSCCCOc1cc(C)ccc1C. The van der Waals surface area contributed by atoms with E-state index in [4.69, 9.17) is 4.74 Å². The molecular weight excluding hydrogens is 204 g/mol. The van der Waals surface area contributed by atoms with Gasteiger partial charge in [-0.1, -0.05) is 19.1 Å². The fraction of sp³-hybridized carbons (Fsp3) is 0.538. The third kappa shape index (κ3) is 4.61. The van der Waals surface area contributed by atoms with Gasteiger partial charge in [0.05, 0.1) is 6.61 Å². The van der Waals surface area contributed by atoms with E-state index < -0.39 is 0 Å². The van der Waals surface area contributed by atoms with Crippen molar-refractivity contribution in [3.8, 4) is 5.75 Å². The molecular formula is C13H20OS. The number of thioether (sulfide) groups is 1. The normalized spacial score (nSPS) is 10.3. The van der Waals surface area contributed by atoms with E-state index in [1.165, 1.54) is 22.6 Å². The number of hydrogen-bond donors (Lipinski definition) is 0. The molecule has 0 aliphatic carbocycles. The van der Waals surface area contributed by atoms with Crippen LogP contribution in [0.5, 0.6) is 5.75 Å². The lowest BCUT2D eigenvalue weighted by molar-refractivity contribution is 0.316. The first-order valence-corrected chi connectivity index (χ1v) is 6.67. The molecule has 0 aliphatic heterocycles. The van der Waals surface area contributed by atoms with Gasteiger partial charge in [0.25, 0.3) is 0 Å². The Morgan fingerprint density at radius 2 is 2.07 bits per heavy atom. The van der Waals surface area contributed by atoms with Gasteiger partial charge in [-0.3, -0.25) is 0 Å². The van der Waals surface area contributed by atoms with E-state index in [1.807, 2.05) is 11.8 Å². The number of ether oxygens (including phenoxy) is 1. The standard InChI is InChI=1S/C13H20OS/c1-4-15-9-5-8-14-13-10-11(2)6-7-12(13)3/h6-7,10H,4-5,8-9H2,1-3H3. The zero-order valence-corrected chi connectivity index (χ0v) is 10.7. The second-order valence-corrected chi connectivity index (χ2v) is 5.06. The minimum atomic E-state index is 0.831. The minimum absolute atomic E-state index is 0.831. The van der Waals surface area contributed by atoms with Crippen molar-refractivity contribution in [2.24, 2.45) is 0 Å². The summed E-state index contributed by atoms with van der Waals surface area (Å²) >= 11 is 1.97. The van der Waals surface area contributed by atoms with E-state index in [2.05, 4.69) is 39.0 Å². The van der Waals surface area contributed by atoms with E-state index in [-0.39, 0.29) is 0 Å². The summed E-state index contributed by atoms with van der Waals surface area (Å²) in [7, 11) is 0. The second kappa shape index (κ2) is 6.78. The highest BCUT2D eigenvalue weighted by Gasteiger charge is 1.99. The smallest absolute Gasteiger partial charge is 0.122 e. The molecule has 0 amide bonds. The van der Waals surface area contributed by atoms with Crippen LogP contribution >= 0.6 is 11.8 Å². The zero-order valence-electron chi connectivity index (χ0n) is 9.88. The second-order valence-electron chi connectivity index (χ2n) is 3.67. The van der Waals surface area contributed by atoms with Crippen LogP contribution in [0.15, 0.2) is 18.2 Å². The third-order valence-corrected chi connectivity index (χ3v) is 3.22. The maximum Gasteiger partial charge on any atom is 0.122 e. The highest BCUT2D eigenvalue weighted by molar-refractivity contribution is 7.99. The average molecular weight is 224 g/mol. The molecule has 0 saturated heterocycles. The summed E-state index contributed by atoms with van der Waals surface area (Å²) in [5.74, 6) is 3.43. The zero-order chi connectivity index (χ0) is 11.1. The van der Waals surface area contributed by atoms with E-state index in [1.54, 1.807) is 0 Å². The fourth-order valence-electron chi connectivity index (χ4n) is 1.35. The van der Waals surface area contributed by atoms with E-state index in [9.17, 15) is 0 Å². The molecule has 84 valence electrons. The topological polar surface area (TPSA) is 9.23 Å². The maximum absolute atomic E-state index is 5.75. The number of hydrogen-bond acceptors (Lipinski definition) is 2. The predicted molar refractivity (Wildman–Crippen MR) is 69.0 cm³/mol. The molecule has 0 N–H and O–H groups in total. The highest BCUT2D eigenvalue weighted by atomic mass is 32.2. The molecule has 2 heteroatoms. The van der Waals surface area contributed by atoms with Crippen molar-refractivity contribution in [2.45, 2.75) is 27.2 Å². The van der Waals surface area contributed by atoms with Gasteiger partial charge in [-0.2, -0.15) is 11.8 Å². The quantitative estimate of drug-likeness (QED) is 0.679. The molecule has 0 aliphatic rings. The largest absolute Gasteiger partial charge is 0.493 e. The summed E-state index contributed by atoms with van der Waals surface area (Å²) < 4.78 is 5.75. The van der Waals surface area contributed by atoms with Crippen LogP contribution in [0.3, 0.4) is 0 Å². The summed E-state index contributed by atoms with van der Waals surface area (Å²) in [5.41, 5.74) is 2.49. The summed E-state index contributed by atoms with van der Waals surface area (Å²) in [4.78, 5) is 0. The molecule has 0 radical (unpaired) electrons. The minimum Gasteiger partial charge on any atom is -0.493 e.